The molecule has 1 aromatic carbocycles. The Morgan fingerprint density at radius 2 is 1.97 bits per heavy atom. The van der Waals surface area contributed by atoms with E-state index in [1.165, 1.54) is 0 Å². The first-order valence-corrected chi connectivity index (χ1v) is 9.97. The predicted molar refractivity (Wildman–Crippen MR) is 115 cm³/mol. The molecule has 0 saturated carbocycles. The van der Waals surface area contributed by atoms with Gasteiger partial charge < -0.3 is 10.1 Å². The van der Waals surface area contributed by atoms with E-state index in [1.54, 1.807) is 15.3 Å². The number of hydrogen-bond acceptors (Lipinski definition) is 6. The summed E-state index contributed by atoms with van der Waals surface area (Å²) in [5.41, 5.74) is 3.51. The Bertz CT molecular complexity index is 1300. The molecule has 1 aliphatic heterocycles. The van der Waals surface area contributed by atoms with Crippen LogP contribution in [0.3, 0.4) is 0 Å². The number of rotatable bonds is 5. The molecular weight excluding hydrogens is 394 g/mol. The van der Waals surface area contributed by atoms with Gasteiger partial charge in [0.05, 0.1) is 5.69 Å². The van der Waals surface area contributed by atoms with Gasteiger partial charge in [0, 0.05) is 17.9 Å². The lowest BCUT2D eigenvalue weighted by Gasteiger charge is -2.24. The molecule has 0 bridgehead atoms. The van der Waals surface area contributed by atoms with Gasteiger partial charge in [-0.3, -0.25) is 4.79 Å². The van der Waals surface area contributed by atoms with Crippen molar-refractivity contribution in [3.05, 3.63) is 71.7 Å². The van der Waals surface area contributed by atoms with Crippen molar-refractivity contribution in [2.75, 3.05) is 11.9 Å². The summed E-state index contributed by atoms with van der Waals surface area (Å²) in [4.78, 5) is 12.6. The summed E-state index contributed by atoms with van der Waals surface area (Å²) in [5.74, 6) is 2.49. The van der Waals surface area contributed by atoms with E-state index in [9.17, 15) is 4.79 Å². The van der Waals surface area contributed by atoms with E-state index in [0.717, 1.165) is 22.6 Å². The third kappa shape index (κ3) is 3.24. The van der Waals surface area contributed by atoms with E-state index in [-0.39, 0.29) is 11.8 Å². The topological polar surface area (TPSA) is 99.2 Å². The zero-order valence-corrected chi connectivity index (χ0v) is 17.2. The van der Waals surface area contributed by atoms with Crippen LogP contribution in [-0.4, -0.2) is 42.1 Å². The molecule has 5 rings (SSSR count). The fraction of sp³-hybridized carbons (Fsp3) is 0.227. The van der Waals surface area contributed by atoms with E-state index in [0.29, 0.717) is 36.1 Å². The molecule has 4 heterocycles. The molecule has 0 unspecified atom stereocenters. The molecular formula is C22H21N7O2. The Morgan fingerprint density at radius 1 is 1.16 bits per heavy atom. The van der Waals surface area contributed by atoms with Gasteiger partial charge in [-0.15, -0.1) is 15.3 Å². The second kappa shape index (κ2) is 7.35. The van der Waals surface area contributed by atoms with Gasteiger partial charge in [0.15, 0.2) is 17.3 Å². The van der Waals surface area contributed by atoms with Crippen LogP contribution in [0.5, 0.6) is 5.75 Å². The molecule has 4 aromatic rings. The molecule has 9 heteroatoms. The molecule has 1 atom stereocenters. The van der Waals surface area contributed by atoms with Crippen LogP contribution in [0.2, 0.25) is 0 Å². The Hall–Kier alpha value is -4.01. The number of carbonyl (C=O) groups is 1. The Balaban J connectivity index is 1.57. The average Bonchev–Trinajstić information content (AvgIpc) is 3.31. The smallest absolute Gasteiger partial charge is 0.226 e. The highest BCUT2D eigenvalue weighted by molar-refractivity contribution is 5.95. The monoisotopic (exact) mass is 415 g/mol. The molecule has 1 aliphatic rings. The van der Waals surface area contributed by atoms with Gasteiger partial charge in [-0.25, -0.2) is 0 Å². The number of anilines is 1. The molecule has 0 aliphatic carbocycles. The minimum atomic E-state index is -0.105. The zero-order chi connectivity index (χ0) is 21.5. The van der Waals surface area contributed by atoms with Gasteiger partial charge >= 0.3 is 0 Å². The van der Waals surface area contributed by atoms with Crippen molar-refractivity contribution in [2.45, 2.75) is 26.2 Å². The van der Waals surface area contributed by atoms with Crippen molar-refractivity contribution in [3.63, 3.8) is 0 Å². The van der Waals surface area contributed by atoms with Crippen molar-refractivity contribution >= 4 is 17.4 Å². The number of aromatic nitrogens is 6. The fourth-order valence-electron chi connectivity index (χ4n) is 3.95. The molecule has 1 amide bonds. The minimum absolute atomic E-state index is 0.0628. The van der Waals surface area contributed by atoms with Gasteiger partial charge in [0.2, 0.25) is 5.91 Å². The number of carbonyl (C=O) groups excluding carboxylic acids is 1. The molecule has 0 saturated heterocycles. The van der Waals surface area contributed by atoms with E-state index >= 15 is 0 Å². The lowest BCUT2D eigenvalue weighted by atomic mass is 9.86. The molecule has 3 aromatic heterocycles. The summed E-state index contributed by atoms with van der Waals surface area (Å²) >= 11 is 0. The normalized spacial score (nSPS) is 15.5. The van der Waals surface area contributed by atoms with Crippen LogP contribution in [0.15, 0.2) is 49.1 Å². The summed E-state index contributed by atoms with van der Waals surface area (Å²) in [7, 11) is 0. The van der Waals surface area contributed by atoms with Crippen molar-refractivity contribution < 1.29 is 9.53 Å². The summed E-state index contributed by atoms with van der Waals surface area (Å²) in [6.45, 7) is 7.89. The Labute approximate surface area is 178 Å². The van der Waals surface area contributed by atoms with E-state index in [2.05, 4.69) is 27.2 Å². The summed E-state index contributed by atoms with van der Waals surface area (Å²) in [5, 5.41) is 20.4. The first-order valence-electron chi connectivity index (χ1n) is 9.97. The number of benzene rings is 1. The van der Waals surface area contributed by atoms with Gasteiger partial charge in [0.1, 0.15) is 18.2 Å². The van der Waals surface area contributed by atoms with Crippen LogP contribution in [0.4, 0.5) is 5.82 Å². The van der Waals surface area contributed by atoms with Gasteiger partial charge in [-0.2, -0.15) is 14.3 Å². The maximum absolute atomic E-state index is 12.6. The minimum Gasteiger partial charge on any atom is -0.490 e. The van der Waals surface area contributed by atoms with Crippen LogP contribution in [0.1, 0.15) is 35.0 Å². The average molecular weight is 415 g/mol. The number of nitrogens with zero attached hydrogens (tertiary/aromatic N) is 6. The molecule has 0 spiro atoms. The third-order valence-corrected chi connectivity index (χ3v) is 5.37. The highest BCUT2D eigenvalue weighted by atomic mass is 16.5. The highest BCUT2D eigenvalue weighted by Gasteiger charge is 2.33. The summed E-state index contributed by atoms with van der Waals surface area (Å²) < 4.78 is 8.91. The van der Waals surface area contributed by atoms with E-state index < -0.39 is 0 Å². The number of aryl methyl sites for hydroxylation is 2. The van der Waals surface area contributed by atoms with E-state index in [1.807, 2.05) is 50.2 Å². The molecule has 1 N–H and O–H groups in total. The van der Waals surface area contributed by atoms with Crippen LogP contribution in [-0.2, 0) is 4.79 Å². The zero-order valence-electron chi connectivity index (χ0n) is 17.2. The van der Waals surface area contributed by atoms with Gasteiger partial charge in [0.25, 0.3) is 0 Å². The van der Waals surface area contributed by atoms with Crippen molar-refractivity contribution in [3.8, 4) is 11.6 Å². The lowest BCUT2D eigenvalue weighted by molar-refractivity contribution is -0.116. The molecule has 9 nitrogen and oxygen atoms in total. The number of amides is 1. The maximum Gasteiger partial charge on any atom is 0.226 e. The second-order valence-electron chi connectivity index (χ2n) is 7.44. The molecule has 0 fully saturated rings. The van der Waals surface area contributed by atoms with Crippen molar-refractivity contribution in [2.24, 2.45) is 0 Å². The fourth-order valence-corrected chi connectivity index (χ4v) is 3.95. The largest absolute Gasteiger partial charge is 0.490 e. The molecule has 31 heavy (non-hydrogen) atoms. The van der Waals surface area contributed by atoms with E-state index in [4.69, 9.17) is 9.84 Å². The summed E-state index contributed by atoms with van der Waals surface area (Å²) in [6.07, 6.45) is 2.06. The number of nitrogens with one attached hydrogen (secondary N) is 1. The maximum atomic E-state index is 12.6. The first kappa shape index (κ1) is 19.0. The molecule has 0 radical (unpaired) electrons. The lowest BCUT2D eigenvalue weighted by Crippen LogP contribution is -2.25. The SMILES string of the molecule is C=CCOc1ccc([C@H]2CC(=O)Nc3c2c(C)nn3-c2ccc3nnc(C)n3n2)cc1. The highest BCUT2D eigenvalue weighted by Crippen LogP contribution is 2.40. The number of hydrogen-bond donors (Lipinski definition) is 1. The Kier molecular flexibility index (Phi) is 4.50. The van der Waals surface area contributed by atoms with Crippen molar-refractivity contribution in [1.29, 1.82) is 0 Å². The number of ether oxygens (including phenoxy) is 1. The molecule has 156 valence electrons. The van der Waals surface area contributed by atoms with Crippen LogP contribution >= 0.6 is 0 Å². The first-order chi connectivity index (χ1) is 15.0. The Morgan fingerprint density at radius 3 is 2.74 bits per heavy atom. The van der Waals surface area contributed by atoms with Gasteiger partial charge in [-0.05, 0) is 43.7 Å². The third-order valence-electron chi connectivity index (χ3n) is 5.37. The quantitative estimate of drug-likeness (QED) is 0.503. The standard InChI is InChI=1S/C22H21N7O2/c1-4-11-31-16-7-5-15(6-8-16)17-12-20(30)23-22-21(17)13(2)26-29(22)19-10-9-18-25-24-14(3)28(18)27-19/h4-10,17H,1,11-12H2,2-3H3,(H,23,30)/t17-/m1/s1. The van der Waals surface area contributed by atoms with Crippen LogP contribution in [0.25, 0.3) is 11.5 Å². The number of fused-ring (bicyclic) bond motifs is 2. The second-order valence-corrected chi connectivity index (χ2v) is 7.44. The van der Waals surface area contributed by atoms with Crippen LogP contribution in [0, 0.1) is 13.8 Å². The predicted octanol–water partition coefficient (Wildman–Crippen LogP) is 2.97. The van der Waals surface area contributed by atoms with Crippen molar-refractivity contribution in [1.82, 2.24) is 29.6 Å². The van der Waals surface area contributed by atoms with Gasteiger partial charge in [-0.1, -0.05) is 24.8 Å². The summed E-state index contributed by atoms with van der Waals surface area (Å²) in [6, 6.07) is 11.5. The van der Waals surface area contributed by atoms with Crippen LogP contribution < -0.4 is 10.1 Å².